The van der Waals surface area contributed by atoms with Crippen LogP contribution >= 0.6 is 0 Å². The van der Waals surface area contributed by atoms with Gasteiger partial charge in [0.25, 0.3) is 0 Å². The van der Waals surface area contributed by atoms with E-state index in [0.717, 1.165) is 25.4 Å². The first-order valence-electron chi connectivity index (χ1n) is 5.52. The fourth-order valence-corrected chi connectivity index (χ4v) is 1.98. The normalized spacial score (nSPS) is 24.5. The van der Waals surface area contributed by atoms with Crippen LogP contribution in [-0.2, 0) is 0 Å². The van der Waals surface area contributed by atoms with Gasteiger partial charge in [-0.2, -0.15) is 0 Å². The summed E-state index contributed by atoms with van der Waals surface area (Å²) in [4.78, 5) is 2.49. The zero-order valence-corrected chi connectivity index (χ0v) is 9.21. The molecular formula is C11H23NO. The summed E-state index contributed by atoms with van der Waals surface area (Å²) in [5.41, 5.74) is 0.161. The van der Waals surface area contributed by atoms with Gasteiger partial charge in [0.1, 0.15) is 0 Å². The first-order chi connectivity index (χ1) is 6.17. The molecule has 0 radical (unpaired) electrons. The minimum atomic E-state index is 0.161. The maximum Gasteiger partial charge on any atom is 0.0499 e. The third kappa shape index (κ3) is 2.23. The Morgan fingerprint density at radius 2 is 2.00 bits per heavy atom. The van der Waals surface area contributed by atoms with Gasteiger partial charge in [0, 0.05) is 24.6 Å². The van der Waals surface area contributed by atoms with E-state index in [-0.39, 0.29) is 5.41 Å². The highest BCUT2D eigenvalue weighted by molar-refractivity contribution is 4.86. The van der Waals surface area contributed by atoms with E-state index in [9.17, 15) is 5.11 Å². The minimum Gasteiger partial charge on any atom is -0.396 e. The molecule has 0 aromatic rings. The molecule has 1 fully saturated rings. The quantitative estimate of drug-likeness (QED) is 0.707. The van der Waals surface area contributed by atoms with Crippen molar-refractivity contribution < 1.29 is 5.11 Å². The lowest BCUT2D eigenvalue weighted by Crippen LogP contribution is -2.51. The van der Waals surface area contributed by atoms with Gasteiger partial charge in [-0.3, -0.25) is 4.90 Å². The van der Waals surface area contributed by atoms with Crippen molar-refractivity contribution in [3.05, 3.63) is 0 Å². The van der Waals surface area contributed by atoms with Crippen molar-refractivity contribution in [2.75, 3.05) is 19.7 Å². The van der Waals surface area contributed by atoms with Crippen molar-refractivity contribution in [3.8, 4) is 0 Å². The lowest BCUT2D eigenvalue weighted by molar-refractivity contribution is 0.0101. The van der Waals surface area contributed by atoms with Crippen LogP contribution in [0.25, 0.3) is 0 Å². The molecule has 1 N–H and O–H groups in total. The molecule has 0 saturated carbocycles. The summed E-state index contributed by atoms with van der Waals surface area (Å²) in [6, 6.07) is 0.740. The highest BCUT2D eigenvalue weighted by Gasteiger charge is 2.33. The van der Waals surface area contributed by atoms with Crippen LogP contribution in [0.3, 0.4) is 0 Å². The van der Waals surface area contributed by atoms with E-state index in [1.165, 1.54) is 13.0 Å². The Labute approximate surface area is 81.9 Å². The van der Waals surface area contributed by atoms with Crippen LogP contribution in [0.5, 0.6) is 0 Å². The summed E-state index contributed by atoms with van der Waals surface area (Å²) < 4.78 is 0. The molecule has 1 saturated heterocycles. The molecule has 2 nitrogen and oxygen atoms in total. The molecule has 0 aromatic heterocycles. The molecule has 0 bridgehead atoms. The first-order valence-corrected chi connectivity index (χ1v) is 5.52. The number of aliphatic hydroxyl groups is 1. The average molecular weight is 185 g/mol. The molecule has 1 rings (SSSR count). The van der Waals surface area contributed by atoms with Crippen LogP contribution < -0.4 is 0 Å². The van der Waals surface area contributed by atoms with Gasteiger partial charge in [-0.1, -0.05) is 13.8 Å². The molecule has 1 aliphatic heterocycles. The van der Waals surface area contributed by atoms with Gasteiger partial charge in [0.2, 0.25) is 0 Å². The number of likely N-dealkylation sites (tertiary alicyclic amines) is 1. The maximum absolute atomic E-state index is 9.40. The number of aliphatic hydroxyl groups excluding tert-OH is 1. The van der Waals surface area contributed by atoms with E-state index in [0.29, 0.717) is 6.61 Å². The zero-order valence-electron chi connectivity index (χ0n) is 9.21. The number of hydrogen-bond acceptors (Lipinski definition) is 2. The molecule has 78 valence electrons. The van der Waals surface area contributed by atoms with Crippen molar-refractivity contribution in [2.24, 2.45) is 5.41 Å². The summed E-state index contributed by atoms with van der Waals surface area (Å²) >= 11 is 0. The van der Waals surface area contributed by atoms with Crippen molar-refractivity contribution >= 4 is 0 Å². The summed E-state index contributed by atoms with van der Waals surface area (Å²) in [6.45, 7) is 9.29. The number of hydrogen-bond donors (Lipinski definition) is 1. The van der Waals surface area contributed by atoms with E-state index in [2.05, 4.69) is 25.7 Å². The zero-order chi connectivity index (χ0) is 9.90. The van der Waals surface area contributed by atoms with Gasteiger partial charge in [-0.15, -0.1) is 0 Å². The summed E-state index contributed by atoms with van der Waals surface area (Å²) in [5, 5.41) is 9.40. The Bertz CT molecular complexity index is 146. The average Bonchev–Trinajstić information content (AvgIpc) is 2.18. The SMILES string of the molecule is CCC(CC)(CO)CN1CCC1C. The third-order valence-corrected chi connectivity index (χ3v) is 3.83. The highest BCUT2D eigenvalue weighted by Crippen LogP contribution is 2.30. The Balaban J connectivity index is 2.46. The molecule has 1 heterocycles. The maximum atomic E-state index is 9.40. The molecule has 0 aromatic carbocycles. The van der Waals surface area contributed by atoms with Crippen LogP contribution in [0.2, 0.25) is 0 Å². The van der Waals surface area contributed by atoms with E-state index >= 15 is 0 Å². The summed E-state index contributed by atoms with van der Waals surface area (Å²) in [6.07, 6.45) is 3.50. The Hall–Kier alpha value is -0.0800. The largest absolute Gasteiger partial charge is 0.396 e. The molecule has 0 amide bonds. The molecule has 0 spiro atoms. The van der Waals surface area contributed by atoms with E-state index in [1.807, 2.05) is 0 Å². The molecule has 2 heteroatoms. The smallest absolute Gasteiger partial charge is 0.0499 e. The lowest BCUT2D eigenvalue weighted by atomic mass is 9.81. The van der Waals surface area contributed by atoms with Crippen LogP contribution in [0.1, 0.15) is 40.0 Å². The van der Waals surface area contributed by atoms with Gasteiger partial charge < -0.3 is 5.11 Å². The second-order valence-corrected chi connectivity index (χ2v) is 4.47. The van der Waals surface area contributed by atoms with Crippen molar-refractivity contribution in [2.45, 2.75) is 46.1 Å². The van der Waals surface area contributed by atoms with Crippen molar-refractivity contribution in [1.29, 1.82) is 0 Å². The lowest BCUT2D eigenvalue weighted by Gasteiger charge is -2.45. The standard InChI is InChI=1S/C11H23NO/c1-4-11(5-2,9-13)8-12-7-6-10(12)3/h10,13H,4-9H2,1-3H3. The van der Waals surface area contributed by atoms with Crippen LogP contribution in [0.15, 0.2) is 0 Å². The van der Waals surface area contributed by atoms with Crippen LogP contribution in [0.4, 0.5) is 0 Å². The fourth-order valence-electron chi connectivity index (χ4n) is 1.98. The van der Waals surface area contributed by atoms with Gasteiger partial charge >= 0.3 is 0 Å². The molecule has 1 atom stereocenters. The number of nitrogens with zero attached hydrogens (tertiary/aromatic N) is 1. The van der Waals surface area contributed by atoms with Gasteiger partial charge in [0.15, 0.2) is 0 Å². The highest BCUT2D eigenvalue weighted by atomic mass is 16.3. The van der Waals surface area contributed by atoms with E-state index in [1.54, 1.807) is 0 Å². The van der Waals surface area contributed by atoms with Crippen LogP contribution in [0, 0.1) is 5.41 Å². The monoisotopic (exact) mass is 185 g/mol. The summed E-state index contributed by atoms with van der Waals surface area (Å²) in [7, 11) is 0. The van der Waals surface area contributed by atoms with Gasteiger partial charge in [0.05, 0.1) is 0 Å². The van der Waals surface area contributed by atoms with Gasteiger partial charge in [-0.05, 0) is 32.7 Å². The molecule has 1 unspecified atom stereocenters. The van der Waals surface area contributed by atoms with Crippen LogP contribution in [-0.4, -0.2) is 35.7 Å². The minimum absolute atomic E-state index is 0.161. The van der Waals surface area contributed by atoms with E-state index < -0.39 is 0 Å². The Kier molecular flexibility index (Phi) is 3.74. The van der Waals surface area contributed by atoms with E-state index in [4.69, 9.17) is 0 Å². The topological polar surface area (TPSA) is 23.5 Å². The molecular weight excluding hydrogens is 162 g/mol. The van der Waals surface area contributed by atoms with Crippen molar-refractivity contribution in [3.63, 3.8) is 0 Å². The molecule has 0 aliphatic carbocycles. The summed E-state index contributed by atoms with van der Waals surface area (Å²) in [5.74, 6) is 0. The fraction of sp³-hybridized carbons (Fsp3) is 1.00. The van der Waals surface area contributed by atoms with Crippen molar-refractivity contribution in [1.82, 2.24) is 4.90 Å². The predicted molar refractivity (Wildman–Crippen MR) is 55.8 cm³/mol. The van der Waals surface area contributed by atoms with Gasteiger partial charge in [-0.25, -0.2) is 0 Å². The Morgan fingerprint density at radius 3 is 2.23 bits per heavy atom. The number of rotatable bonds is 5. The first kappa shape index (κ1) is 11.0. The second-order valence-electron chi connectivity index (χ2n) is 4.47. The molecule has 1 aliphatic rings. The Morgan fingerprint density at radius 1 is 1.38 bits per heavy atom. The predicted octanol–water partition coefficient (Wildman–Crippen LogP) is 1.88. The second kappa shape index (κ2) is 4.43. The molecule has 13 heavy (non-hydrogen) atoms. The third-order valence-electron chi connectivity index (χ3n) is 3.83.